The molecule has 0 amide bonds. The summed E-state index contributed by atoms with van der Waals surface area (Å²) in [6, 6.07) is 8.73. The van der Waals surface area contributed by atoms with E-state index in [4.69, 9.17) is 4.74 Å². The van der Waals surface area contributed by atoms with Crippen molar-refractivity contribution in [2.24, 2.45) is 0 Å². The Morgan fingerprint density at radius 3 is 2.84 bits per heavy atom. The van der Waals surface area contributed by atoms with Gasteiger partial charge in [0.2, 0.25) is 0 Å². The lowest BCUT2D eigenvalue weighted by molar-refractivity contribution is -0.0142. The average molecular weight is 334 g/mol. The lowest BCUT2D eigenvalue weighted by atomic mass is 9.94. The van der Waals surface area contributed by atoms with Gasteiger partial charge < -0.3 is 4.74 Å². The van der Waals surface area contributed by atoms with Crippen LogP contribution < -0.4 is 0 Å². The molecule has 1 aliphatic rings. The Morgan fingerprint density at radius 1 is 1.12 bits per heavy atom. The molecule has 0 aliphatic carbocycles. The summed E-state index contributed by atoms with van der Waals surface area (Å²) in [7, 11) is 0. The lowest BCUT2D eigenvalue weighted by Crippen LogP contribution is -2.21. The zero-order chi connectivity index (χ0) is 17.4. The fraction of sp³-hybridized carbons (Fsp3) is 0.350. The van der Waals surface area contributed by atoms with Gasteiger partial charge in [0.1, 0.15) is 12.2 Å². The van der Waals surface area contributed by atoms with Gasteiger partial charge in [-0.25, -0.2) is 0 Å². The van der Waals surface area contributed by atoms with Crippen molar-refractivity contribution in [1.29, 1.82) is 0 Å². The molecule has 4 rings (SSSR count). The summed E-state index contributed by atoms with van der Waals surface area (Å²) >= 11 is 0. The number of aromatic nitrogens is 4. The van der Waals surface area contributed by atoms with Crippen molar-refractivity contribution in [2.75, 3.05) is 6.61 Å². The average Bonchev–Trinajstić information content (AvgIpc) is 3.10. The third-order valence-corrected chi connectivity index (χ3v) is 4.85. The lowest BCUT2D eigenvalue weighted by Gasteiger charge is -2.25. The predicted molar refractivity (Wildman–Crippen MR) is 96.7 cm³/mol. The van der Waals surface area contributed by atoms with Crippen molar-refractivity contribution >= 4 is 0 Å². The van der Waals surface area contributed by atoms with Crippen molar-refractivity contribution in [3.05, 3.63) is 59.9 Å². The number of hydrogen-bond acceptors (Lipinski definition) is 4. The fourth-order valence-corrected chi connectivity index (χ4v) is 3.45. The fourth-order valence-electron chi connectivity index (χ4n) is 3.45. The molecule has 2 aromatic heterocycles. The van der Waals surface area contributed by atoms with Crippen molar-refractivity contribution in [1.82, 2.24) is 19.7 Å². The number of aryl methyl sites for hydroxylation is 2. The molecule has 0 saturated carbocycles. The third-order valence-electron chi connectivity index (χ3n) is 4.85. The van der Waals surface area contributed by atoms with Gasteiger partial charge in [0.25, 0.3) is 0 Å². The number of hydrogen-bond donors (Lipinski definition) is 0. The van der Waals surface area contributed by atoms with Crippen molar-refractivity contribution in [3.63, 3.8) is 0 Å². The van der Waals surface area contributed by atoms with Crippen LogP contribution in [0.25, 0.3) is 16.8 Å². The zero-order valence-corrected chi connectivity index (χ0v) is 14.9. The minimum absolute atomic E-state index is 0.344. The van der Waals surface area contributed by atoms with Gasteiger partial charge in [0.05, 0.1) is 11.3 Å². The van der Waals surface area contributed by atoms with E-state index in [0.717, 1.165) is 29.8 Å². The van der Waals surface area contributed by atoms with Crippen LogP contribution >= 0.6 is 0 Å². The number of pyridine rings is 1. The molecular formula is C20H22N4O. The highest BCUT2D eigenvalue weighted by Gasteiger charge is 2.22. The van der Waals surface area contributed by atoms with Gasteiger partial charge in [-0.1, -0.05) is 6.07 Å². The first-order valence-electron chi connectivity index (χ1n) is 8.70. The monoisotopic (exact) mass is 334 g/mol. The highest BCUT2D eigenvalue weighted by Crippen LogP contribution is 2.31. The van der Waals surface area contributed by atoms with Crippen molar-refractivity contribution in [2.45, 2.75) is 39.2 Å². The molecule has 0 radical (unpaired) electrons. The number of ether oxygens (including phenoxy) is 1. The predicted octanol–water partition coefficient (Wildman–Crippen LogP) is 3.70. The minimum atomic E-state index is -0.344. The Hall–Kier alpha value is -2.53. The third kappa shape index (κ3) is 2.85. The van der Waals surface area contributed by atoms with E-state index in [2.05, 4.69) is 57.9 Å². The van der Waals surface area contributed by atoms with E-state index in [-0.39, 0.29) is 5.60 Å². The summed E-state index contributed by atoms with van der Waals surface area (Å²) in [6.45, 7) is 6.86. The molecule has 0 fully saturated rings. The maximum atomic E-state index is 5.87. The number of rotatable bonds is 4. The highest BCUT2D eigenvalue weighted by atomic mass is 16.5. The minimum Gasteiger partial charge on any atom is -0.371 e. The summed E-state index contributed by atoms with van der Waals surface area (Å²) in [5.74, 6) is 1.03. The van der Waals surface area contributed by atoms with Crippen LogP contribution in [0.1, 0.15) is 37.7 Å². The highest BCUT2D eigenvalue weighted by molar-refractivity contribution is 5.67. The smallest absolute Gasteiger partial charge is 0.137 e. The van der Waals surface area contributed by atoms with Crippen LogP contribution in [0.2, 0.25) is 0 Å². The first-order chi connectivity index (χ1) is 12.1. The van der Waals surface area contributed by atoms with Crippen LogP contribution in [-0.4, -0.2) is 26.4 Å². The summed E-state index contributed by atoms with van der Waals surface area (Å²) in [6.07, 6.45) is 7.51. The summed E-state index contributed by atoms with van der Waals surface area (Å²) in [4.78, 5) is 4.44. The maximum absolute atomic E-state index is 5.87. The normalized spacial score (nSPS) is 13.4. The van der Waals surface area contributed by atoms with E-state index in [0.29, 0.717) is 6.61 Å². The zero-order valence-electron chi connectivity index (χ0n) is 14.9. The summed E-state index contributed by atoms with van der Waals surface area (Å²) in [5.41, 5.74) is 5.53. The van der Waals surface area contributed by atoms with E-state index in [1.54, 1.807) is 6.33 Å². The van der Waals surface area contributed by atoms with Crippen LogP contribution in [0.15, 0.2) is 43.0 Å². The maximum Gasteiger partial charge on any atom is 0.137 e. The van der Waals surface area contributed by atoms with Gasteiger partial charge in [-0.05, 0) is 56.5 Å². The summed E-state index contributed by atoms with van der Waals surface area (Å²) in [5, 5.41) is 8.21. The molecule has 5 nitrogen and oxygen atoms in total. The quantitative estimate of drug-likeness (QED) is 0.730. The van der Waals surface area contributed by atoms with Crippen LogP contribution in [0.4, 0.5) is 0 Å². The van der Waals surface area contributed by atoms with Crippen LogP contribution in [0, 0.1) is 0 Å². The van der Waals surface area contributed by atoms with Gasteiger partial charge in [-0.3, -0.25) is 9.55 Å². The van der Waals surface area contributed by atoms with Crippen LogP contribution in [0.5, 0.6) is 0 Å². The second-order valence-corrected chi connectivity index (χ2v) is 6.87. The largest absolute Gasteiger partial charge is 0.371 e. The Labute approximate surface area is 147 Å². The van der Waals surface area contributed by atoms with Gasteiger partial charge >= 0.3 is 0 Å². The molecule has 25 heavy (non-hydrogen) atoms. The molecule has 3 aromatic rings. The van der Waals surface area contributed by atoms with Crippen LogP contribution in [0.3, 0.4) is 0 Å². The molecule has 0 N–H and O–H groups in total. The standard InChI is InChI=1S/C20H22N4O/c1-4-25-20(2,3)17-10-16(11-21-12-17)14-5-7-18-15(9-14)6-8-19-23-22-13-24(18)19/h5,7,9-13H,4,6,8H2,1-3H3. The molecule has 5 heteroatoms. The molecule has 0 atom stereocenters. The molecule has 0 unspecified atom stereocenters. The summed E-state index contributed by atoms with van der Waals surface area (Å²) < 4.78 is 7.95. The Bertz CT molecular complexity index is 914. The molecule has 0 bridgehead atoms. The van der Waals surface area contributed by atoms with Crippen molar-refractivity contribution in [3.8, 4) is 16.8 Å². The van der Waals surface area contributed by atoms with Gasteiger partial charge in [0.15, 0.2) is 0 Å². The Morgan fingerprint density at radius 2 is 2.00 bits per heavy atom. The number of fused-ring (bicyclic) bond motifs is 3. The first-order valence-corrected chi connectivity index (χ1v) is 8.70. The van der Waals surface area contributed by atoms with E-state index < -0.39 is 0 Å². The number of benzene rings is 1. The molecule has 0 spiro atoms. The Balaban J connectivity index is 1.72. The van der Waals surface area contributed by atoms with Crippen molar-refractivity contribution < 1.29 is 4.74 Å². The SMILES string of the molecule is CCOC(C)(C)c1cncc(-c2ccc3c(c2)CCc2nncn2-3)c1. The Kier molecular flexibility index (Phi) is 3.88. The number of nitrogens with zero attached hydrogens (tertiary/aromatic N) is 4. The molecular weight excluding hydrogens is 312 g/mol. The van der Waals surface area contributed by atoms with Crippen LogP contribution in [-0.2, 0) is 23.2 Å². The second-order valence-electron chi connectivity index (χ2n) is 6.87. The molecule has 1 aromatic carbocycles. The topological polar surface area (TPSA) is 52.8 Å². The molecule has 128 valence electrons. The van der Waals surface area contributed by atoms with E-state index in [1.807, 2.05) is 19.3 Å². The van der Waals surface area contributed by atoms with E-state index >= 15 is 0 Å². The molecule has 1 aliphatic heterocycles. The van der Waals surface area contributed by atoms with E-state index in [1.165, 1.54) is 16.8 Å². The van der Waals surface area contributed by atoms with Gasteiger partial charge in [-0.15, -0.1) is 10.2 Å². The molecule has 0 saturated heterocycles. The molecule has 3 heterocycles. The first kappa shape index (κ1) is 16.0. The second kappa shape index (κ2) is 6.08. The van der Waals surface area contributed by atoms with Gasteiger partial charge in [0, 0.05) is 36.5 Å². The van der Waals surface area contributed by atoms with Gasteiger partial charge in [-0.2, -0.15) is 0 Å². The van der Waals surface area contributed by atoms with E-state index in [9.17, 15) is 0 Å².